The highest BCUT2D eigenvalue weighted by molar-refractivity contribution is 7.86. The van der Waals surface area contributed by atoms with E-state index in [1.165, 1.54) is 17.0 Å². The fourth-order valence-corrected chi connectivity index (χ4v) is 4.23. The summed E-state index contributed by atoms with van der Waals surface area (Å²) in [6.07, 6.45) is 4.18. The molecule has 1 unspecified atom stereocenters. The van der Waals surface area contributed by atoms with Crippen molar-refractivity contribution in [2.75, 3.05) is 32.1 Å². The van der Waals surface area contributed by atoms with Crippen molar-refractivity contribution in [3.05, 3.63) is 22.5 Å². The number of rotatable bonds is 9. The predicted molar refractivity (Wildman–Crippen MR) is 94.0 cm³/mol. The third-order valence-electron chi connectivity index (χ3n) is 3.88. The van der Waals surface area contributed by atoms with E-state index in [2.05, 4.69) is 4.98 Å². The van der Waals surface area contributed by atoms with Crippen molar-refractivity contribution < 1.29 is 30.1 Å². The third-order valence-corrected chi connectivity index (χ3v) is 5.12. The smallest absolute Gasteiger partial charge is 0.390 e. The molecule has 0 bridgehead atoms. The Morgan fingerprint density at radius 2 is 1.85 bits per heavy atom. The van der Waals surface area contributed by atoms with E-state index in [0.717, 1.165) is 12.5 Å². The average Bonchev–Trinajstić information content (AvgIpc) is 2.94. The minimum atomic E-state index is -3.78. The quantitative estimate of drug-likeness (QED) is 0.289. The van der Waals surface area contributed by atoms with E-state index in [1.54, 1.807) is 0 Å². The van der Waals surface area contributed by atoms with Gasteiger partial charge in [0.05, 0.1) is 18.6 Å². The van der Waals surface area contributed by atoms with Crippen LogP contribution in [-0.2, 0) is 35.1 Å². The van der Waals surface area contributed by atoms with Crippen molar-refractivity contribution in [2.45, 2.75) is 31.6 Å². The summed E-state index contributed by atoms with van der Waals surface area (Å²) >= 11 is 0. The summed E-state index contributed by atoms with van der Waals surface area (Å²) in [5, 5.41) is 11.0. The van der Waals surface area contributed by atoms with Crippen LogP contribution in [0.25, 0.3) is 0 Å². The molecule has 27 heavy (non-hydrogen) atoms. The Bertz CT molecular complexity index is 859. The van der Waals surface area contributed by atoms with Gasteiger partial charge < -0.3 is 15.0 Å². The lowest BCUT2D eigenvalue weighted by molar-refractivity contribution is -0.397. The van der Waals surface area contributed by atoms with Gasteiger partial charge >= 0.3 is 5.95 Å². The molecule has 12 nitrogen and oxygen atoms in total. The number of hydrogen-bond acceptors (Lipinski definition) is 10. The first-order valence-corrected chi connectivity index (χ1v) is 11.7. The van der Waals surface area contributed by atoms with Crippen LogP contribution < -0.4 is 0 Å². The first-order valence-electron chi connectivity index (χ1n) is 8.07. The van der Waals surface area contributed by atoms with Crippen molar-refractivity contribution in [1.82, 2.24) is 14.5 Å². The molecule has 14 heteroatoms. The molecule has 0 spiro atoms. The second-order valence-corrected chi connectivity index (χ2v) is 9.56. The lowest BCUT2D eigenvalue weighted by Crippen LogP contribution is -2.43. The van der Waals surface area contributed by atoms with Gasteiger partial charge in [-0.05, 0) is 17.8 Å². The zero-order valence-electron chi connectivity index (χ0n) is 14.9. The van der Waals surface area contributed by atoms with Gasteiger partial charge in [0.2, 0.25) is 0 Å². The Kier molecular flexibility index (Phi) is 6.91. The summed E-state index contributed by atoms with van der Waals surface area (Å²) in [5.74, 6) is -0.405. The molecule has 0 aliphatic carbocycles. The monoisotopic (exact) mass is 426 g/mol. The van der Waals surface area contributed by atoms with Crippen molar-refractivity contribution in [3.8, 4) is 0 Å². The molecule has 1 atom stereocenters. The Morgan fingerprint density at radius 3 is 2.37 bits per heavy atom. The maximum absolute atomic E-state index is 11.6. The Labute approximate surface area is 157 Å². The average molecular weight is 426 g/mol. The third kappa shape index (κ3) is 7.50. The topological polar surface area (TPSA) is 151 Å². The summed E-state index contributed by atoms with van der Waals surface area (Å²) in [6, 6.07) is 0. The fourth-order valence-electron chi connectivity index (χ4n) is 2.92. The second kappa shape index (κ2) is 8.60. The van der Waals surface area contributed by atoms with Crippen molar-refractivity contribution >= 4 is 26.2 Å². The van der Waals surface area contributed by atoms with E-state index in [4.69, 9.17) is 8.37 Å². The molecule has 2 heterocycles. The van der Waals surface area contributed by atoms with Gasteiger partial charge in [-0.25, -0.2) is 4.57 Å². The molecule has 2 rings (SSSR count). The van der Waals surface area contributed by atoms with Crippen molar-refractivity contribution in [1.29, 1.82) is 0 Å². The van der Waals surface area contributed by atoms with Gasteiger partial charge in [0.15, 0.2) is 0 Å². The number of nitrogens with zero attached hydrogens (tertiary/aromatic N) is 4. The van der Waals surface area contributed by atoms with Crippen LogP contribution in [0, 0.1) is 10.1 Å². The fraction of sp³-hybridized carbons (Fsp3) is 0.769. The number of piperidine rings is 1. The van der Waals surface area contributed by atoms with E-state index in [1.807, 2.05) is 4.90 Å². The van der Waals surface area contributed by atoms with Crippen molar-refractivity contribution in [2.24, 2.45) is 0 Å². The van der Waals surface area contributed by atoms with Gasteiger partial charge in [0.25, 0.3) is 20.2 Å². The maximum atomic E-state index is 11.6. The number of nitro groups is 1. The molecular formula is C13H22N4O8S2. The molecule has 1 aromatic rings. The van der Waals surface area contributed by atoms with Gasteiger partial charge in [0, 0.05) is 19.6 Å². The maximum Gasteiger partial charge on any atom is 0.434 e. The van der Waals surface area contributed by atoms with Gasteiger partial charge in [0.1, 0.15) is 25.0 Å². The Morgan fingerprint density at radius 1 is 1.22 bits per heavy atom. The number of likely N-dealkylation sites (tertiary alicyclic amines) is 1. The van der Waals surface area contributed by atoms with E-state index in [9.17, 15) is 26.9 Å². The van der Waals surface area contributed by atoms with Crippen LogP contribution in [0.2, 0.25) is 0 Å². The Balaban J connectivity index is 2.01. The van der Waals surface area contributed by atoms with Gasteiger partial charge in [-0.3, -0.25) is 8.37 Å². The summed E-state index contributed by atoms with van der Waals surface area (Å²) in [4.78, 5) is 15.8. The first kappa shape index (κ1) is 21.7. The van der Waals surface area contributed by atoms with Crippen LogP contribution in [-0.4, -0.2) is 80.6 Å². The zero-order chi connectivity index (χ0) is 20.2. The van der Waals surface area contributed by atoms with Crippen LogP contribution in [0.15, 0.2) is 12.4 Å². The highest BCUT2D eigenvalue weighted by Gasteiger charge is 2.28. The van der Waals surface area contributed by atoms with Crippen LogP contribution in [0.4, 0.5) is 5.95 Å². The lowest BCUT2D eigenvalue weighted by Gasteiger charge is -2.33. The summed E-state index contributed by atoms with van der Waals surface area (Å²) < 4.78 is 56.8. The largest absolute Gasteiger partial charge is 0.434 e. The van der Waals surface area contributed by atoms with Crippen LogP contribution in [0.3, 0.4) is 0 Å². The zero-order valence-corrected chi connectivity index (χ0v) is 16.6. The minimum absolute atomic E-state index is 0.0663. The predicted octanol–water partition coefficient (Wildman–Crippen LogP) is -0.423. The van der Waals surface area contributed by atoms with Crippen LogP contribution in [0.5, 0.6) is 0 Å². The summed E-state index contributed by atoms with van der Waals surface area (Å²) in [5.41, 5.74) is 0. The molecule has 1 saturated heterocycles. The van der Waals surface area contributed by atoms with Crippen molar-refractivity contribution in [3.63, 3.8) is 0 Å². The van der Waals surface area contributed by atoms with Crippen LogP contribution in [0.1, 0.15) is 12.8 Å². The van der Waals surface area contributed by atoms with E-state index in [-0.39, 0.29) is 13.1 Å². The van der Waals surface area contributed by atoms with E-state index >= 15 is 0 Å². The standard InChI is InChI=1S/C13H22N4O8S2/c1-26(20,21)24-11-3-6-15(7-4-11)9-12(25-27(2,22)23)10-16-8-5-14-13(16)17(18)19/h5,8,11-12H,3-4,6-7,9-10H2,1-2H3. The molecule has 1 aromatic heterocycles. The number of imidazole rings is 1. The molecular weight excluding hydrogens is 404 g/mol. The molecule has 0 aromatic carbocycles. The summed E-state index contributed by atoms with van der Waals surface area (Å²) in [7, 11) is -7.31. The second-order valence-electron chi connectivity index (χ2n) is 6.36. The molecule has 1 aliphatic heterocycles. The van der Waals surface area contributed by atoms with Crippen LogP contribution >= 0.6 is 0 Å². The summed E-state index contributed by atoms with van der Waals surface area (Å²) in [6.45, 7) is 1.10. The SMILES string of the molecule is CS(=O)(=O)OC1CCN(CC(Cn2ccnc2[N+](=O)[O-])OS(C)(=O)=O)CC1. The molecule has 0 saturated carbocycles. The van der Waals surface area contributed by atoms with E-state index in [0.29, 0.717) is 25.9 Å². The van der Waals surface area contributed by atoms with Gasteiger partial charge in [-0.2, -0.15) is 16.8 Å². The molecule has 0 N–H and O–H groups in total. The molecule has 0 amide bonds. The first-order chi connectivity index (χ1) is 12.4. The lowest BCUT2D eigenvalue weighted by atomic mass is 10.1. The van der Waals surface area contributed by atoms with Gasteiger partial charge in [-0.15, -0.1) is 0 Å². The molecule has 0 radical (unpaired) electrons. The number of hydrogen-bond donors (Lipinski definition) is 0. The van der Waals surface area contributed by atoms with E-state index < -0.39 is 43.3 Å². The van der Waals surface area contributed by atoms with Gasteiger partial charge in [-0.1, -0.05) is 4.98 Å². The minimum Gasteiger partial charge on any atom is -0.390 e. The highest BCUT2D eigenvalue weighted by atomic mass is 32.2. The molecule has 1 fully saturated rings. The Hall–Kier alpha value is -1.61. The molecule has 154 valence electrons. The normalized spacial score (nSPS) is 18.4. The molecule has 1 aliphatic rings. The highest BCUT2D eigenvalue weighted by Crippen LogP contribution is 2.18. The number of aromatic nitrogens is 2.